The number of nitrogens with zero attached hydrogens (tertiary/aromatic N) is 2. The molecular formula is C12H25N3. The summed E-state index contributed by atoms with van der Waals surface area (Å²) in [4.78, 5) is 5.13. The standard InChI is InChI=1S/C12H25N3/c1-10-9-15(7-6-14(10)2)12-5-3-4-11(13)8-12/h10-12H,3-9,13H2,1-2H3. The van der Waals surface area contributed by atoms with E-state index < -0.39 is 0 Å². The molecule has 0 aromatic heterocycles. The third-order valence-corrected chi connectivity index (χ3v) is 4.19. The number of likely N-dealkylation sites (N-methyl/N-ethyl adjacent to an activating group) is 1. The molecule has 15 heavy (non-hydrogen) atoms. The Balaban J connectivity index is 1.87. The molecule has 88 valence electrons. The van der Waals surface area contributed by atoms with Gasteiger partial charge in [0.2, 0.25) is 0 Å². The summed E-state index contributed by atoms with van der Waals surface area (Å²) in [7, 11) is 2.23. The Morgan fingerprint density at radius 1 is 1.20 bits per heavy atom. The molecule has 1 saturated heterocycles. The summed E-state index contributed by atoms with van der Waals surface area (Å²) < 4.78 is 0. The molecule has 0 radical (unpaired) electrons. The van der Waals surface area contributed by atoms with Gasteiger partial charge in [-0.1, -0.05) is 6.42 Å². The van der Waals surface area contributed by atoms with Gasteiger partial charge in [-0.25, -0.2) is 0 Å². The van der Waals surface area contributed by atoms with Gasteiger partial charge >= 0.3 is 0 Å². The van der Waals surface area contributed by atoms with Gasteiger partial charge in [0.05, 0.1) is 0 Å². The second-order valence-electron chi connectivity index (χ2n) is 5.41. The Hall–Kier alpha value is -0.120. The van der Waals surface area contributed by atoms with Crippen LogP contribution in [-0.2, 0) is 0 Å². The fourth-order valence-electron chi connectivity index (χ4n) is 2.94. The maximum absolute atomic E-state index is 6.06. The molecule has 1 aliphatic carbocycles. The highest BCUT2D eigenvalue weighted by Gasteiger charge is 2.29. The van der Waals surface area contributed by atoms with Crippen molar-refractivity contribution in [2.45, 2.75) is 50.7 Å². The van der Waals surface area contributed by atoms with Crippen LogP contribution in [0, 0.1) is 0 Å². The van der Waals surface area contributed by atoms with Crippen molar-refractivity contribution in [2.24, 2.45) is 5.73 Å². The van der Waals surface area contributed by atoms with Gasteiger partial charge in [-0.2, -0.15) is 0 Å². The van der Waals surface area contributed by atoms with Gasteiger partial charge in [0.1, 0.15) is 0 Å². The van der Waals surface area contributed by atoms with E-state index in [2.05, 4.69) is 23.8 Å². The molecule has 0 aromatic carbocycles. The number of nitrogens with two attached hydrogens (primary N) is 1. The lowest BCUT2D eigenvalue weighted by Crippen LogP contribution is -2.55. The minimum Gasteiger partial charge on any atom is -0.328 e. The van der Waals surface area contributed by atoms with E-state index in [1.54, 1.807) is 0 Å². The zero-order chi connectivity index (χ0) is 10.8. The lowest BCUT2D eigenvalue weighted by atomic mass is 9.90. The maximum Gasteiger partial charge on any atom is 0.0192 e. The number of hydrogen-bond acceptors (Lipinski definition) is 3. The van der Waals surface area contributed by atoms with Crippen LogP contribution in [-0.4, -0.2) is 54.6 Å². The van der Waals surface area contributed by atoms with Crippen molar-refractivity contribution in [3.63, 3.8) is 0 Å². The van der Waals surface area contributed by atoms with Gasteiger partial charge in [-0.15, -0.1) is 0 Å². The zero-order valence-corrected chi connectivity index (χ0v) is 10.2. The Bertz CT molecular complexity index is 207. The van der Waals surface area contributed by atoms with Crippen molar-refractivity contribution in [3.05, 3.63) is 0 Å². The molecule has 3 nitrogen and oxygen atoms in total. The molecule has 1 aliphatic heterocycles. The molecule has 0 amide bonds. The van der Waals surface area contributed by atoms with Crippen LogP contribution in [0.4, 0.5) is 0 Å². The van der Waals surface area contributed by atoms with Crippen LogP contribution in [0.15, 0.2) is 0 Å². The lowest BCUT2D eigenvalue weighted by molar-refractivity contribution is 0.0545. The molecular weight excluding hydrogens is 186 g/mol. The van der Waals surface area contributed by atoms with Gasteiger partial charge in [-0.3, -0.25) is 4.90 Å². The Morgan fingerprint density at radius 3 is 2.67 bits per heavy atom. The minimum atomic E-state index is 0.457. The predicted octanol–water partition coefficient (Wildman–Crippen LogP) is 0.892. The first-order valence-electron chi connectivity index (χ1n) is 6.36. The molecule has 2 fully saturated rings. The molecule has 2 N–H and O–H groups in total. The Kier molecular flexibility index (Phi) is 3.65. The van der Waals surface area contributed by atoms with E-state index in [4.69, 9.17) is 5.73 Å². The molecule has 1 heterocycles. The molecule has 0 spiro atoms. The molecule has 2 aliphatic rings. The summed E-state index contributed by atoms with van der Waals surface area (Å²) in [5.74, 6) is 0. The zero-order valence-electron chi connectivity index (χ0n) is 10.2. The fraction of sp³-hybridized carbons (Fsp3) is 1.00. The first kappa shape index (κ1) is 11.4. The number of hydrogen-bond donors (Lipinski definition) is 1. The molecule has 3 heteroatoms. The van der Waals surface area contributed by atoms with Gasteiger partial charge < -0.3 is 10.6 Å². The van der Waals surface area contributed by atoms with Crippen molar-refractivity contribution in [1.82, 2.24) is 9.80 Å². The smallest absolute Gasteiger partial charge is 0.0192 e. The maximum atomic E-state index is 6.06. The van der Waals surface area contributed by atoms with Crippen molar-refractivity contribution >= 4 is 0 Å². The second kappa shape index (κ2) is 4.81. The molecule has 3 atom stereocenters. The SMILES string of the molecule is CC1CN(C2CCCC(N)C2)CCN1C. The van der Waals surface area contributed by atoms with Crippen LogP contribution in [0.3, 0.4) is 0 Å². The summed E-state index contributed by atoms with van der Waals surface area (Å²) in [5.41, 5.74) is 6.06. The topological polar surface area (TPSA) is 32.5 Å². The first-order chi connectivity index (χ1) is 7.16. The average molecular weight is 211 g/mol. The van der Waals surface area contributed by atoms with Crippen LogP contribution in [0.1, 0.15) is 32.6 Å². The number of piperazine rings is 1. The minimum absolute atomic E-state index is 0.457. The molecule has 0 aromatic rings. The van der Waals surface area contributed by atoms with Gasteiger partial charge in [0, 0.05) is 37.8 Å². The summed E-state index contributed by atoms with van der Waals surface area (Å²) >= 11 is 0. The lowest BCUT2D eigenvalue weighted by Gasteiger charge is -2.44. The second-order valence-corrected chi connectivity index (χ2v) is 5.41. The largest absolute Gasteiger partial charge is 0.328 e. The molecule has 3 unspecified atom stereocenters. The van der Waals surface area contributed by atoms with Crippen LogP contribution in [0.2, 0.25) is 0 Å². The van der Waals surface area contributed by atoms with Crippen LogP contribution in [0.5, 0.6) is 0 Å². The van der Waals surface area contributed by atoms with Crippen LogP contribution >= 0.6 is 0 Å². The number of rotatable bonds is 1. The molecule has 1 saturated carbocycles. The van der Waals surface area contributed by atoms with E-state index in [1.807, 2.05) is 0 Å². The normalized spacial score (nSPS) is 40.6. The van der Waals surface area contributed by atoms with Gasteiger partial charge in [-0.05, 0) is 33.2 Å². The average Bonchev–Trinajstić information content (AvgIpc) is 2.22. The fourth-order valence-corrected chi connectivity index (χ4v) is 2.94. The summed E-state index contributed by atoms with van der Waals surface area (Å²) in [6, 6.07) is 1.93. The molecule has 2 rings (SSSR count). The van der Waals surface area contributed by atoms with Crippen LogP contribution in [0.25, 0.3) is 0 Å². The molecule has 0 bridgehead atoms. The third kappa shape index (κ3) is 2.71. The monoisotopic (exact) mass is 211 g/mol. The van der Waals surface area contributed by atoms with E-state index >= 15 is 0 Å². The Labute approximate surface area is 93.6 Å². The summed E-state index contributed by atoms with van der Waals surface area (Å²) in [6.45, 7) is 6.01. The first-order valence-corrected chi connectivity index (χ1v) is 6.36. The Morgan fingerprint density at radius 2 is 2.00 bits per heavy atom. The van der Waals surface area contributed by atoms with E-state index in [1.165, 1.54) is 45.3 Å². The highest BCUT2D eigenvalue weighted by Crippen LogP contribution is 2.23. The van der Waals surface area contributed by atoms with Crippen molar-refractivity contribution in [1.29, 1.82) is 0 Å². The highest BCUT2D eigenvalue weighted by molar-refractivity contribution is 4.86. The van der Waals surface area contributed by atoms with Crippen molar-refractivity contribution in [3.8, 4) is 0 Å². The van der Waals surface area contributed by atoms with E-state index in [-0.39, 0.29) is 0 Å². The van der Waals surface area contributed by atoms with Gasteiger partial charge in [0.25, 0.3) is 0 Å². The third-order valence-electron chi connectivity index (χ3n) is 4.19. The quantitative estimate of drug-likeness (QED) is 0.699. The summed E-state index contributed by atoms with van der Waals surface area (Å²) in [5, 5.41) is 0. The van der Waals surface area contributed by atoms with Gasteiger partial charge in [0.15, 0.2) is 0 Å². The summed E-state index contributed by atoms with van der Waals surface area (Å²) in [6.07, 6.45) is 5.15. The predicted molar refractivity (Wildman–Crippen MR) is 63.9 cm³/mol. The highest BCUT2D eigenvalue weighted by atomic mass is 15.3. The van der Waals surface area contributed by atoms with E-state index in [9.17, 15) is 0 Å². The van der Waals surface area contributed by atoms with Crippen molar-refractivity contribution in [2.75, 3.05) is 26.7 Å². The van der Waals surface area contributed by atoms with Crippen molar-refractivity contribution < 1.29 is 0 Å². The van der Waals surface area contributed by atoms with Crippen LogP contribution < -0.4 is 5.73 Å². The van der Waals surface area contributed by atoms with E-state index in [0.29, 0.717) is 12.1 Å². The van der Waals surface area contributed by atoms with E-state index in [0.717, 1.165) is 6.04 Å².